The van der Waals surface area contributed by atoms with E-state index in [0.717, 1.165) is 39.0 Å². The molecule has 1 amide bonds. The minimum atomic E-state index is 0.333. The maximum atomic E-state index is 12.3. The van der Waals surface area contributed by atoms with Crippen LogP contribution >= 0.6 is 0 Å². The van der Waals surface area contributed by atoms with Crippen molar-refractivity contribution in [2.24, 2.45) is 11.8 Å². The summed E-state index contributed by atoms with van der Waals surface area (Å²) < 4.78 is 0. The van der Waals surface area contributed by atoms with Crippen LogP contribution in [0.3, 0.4) is 0 Å². The van der Waals surface area contributed by atoms with Crippen molar-refractivity contribution in [3.8, 4) is 0 Å². The van der Waals surface area contributed by atoms with Gasteiger partial charge in [-0.25, -0.2) is 0 Å². The molecule has 132 valence electrons. The van der Waals surface area contributed by atoms with Gasteiger partial charge in [-0.3, -0.25) is 9.69 Å². The maximum absolute atomic E-state index is 12.3. The third-order valence-corrected chi connectivity index (χ3v) is 5.97. The Morgan fingerprint density at radius 1 is 1.17 bits per heavy atom. The van der Waals surface area contributed by atoms with Crippen molar-refractivity contribution in [1.82, 2.24) is 9.80 Å². The van der Waals surface area contributed by atoms with Gasteiger partial charge < -0.3 is 4.90 Å². The van der Waals surface area contributed by atoms with E-state index in [1.54, 1.807) is 0 Å². The third kappa shape index (κ3) is 4.18. The molecule has 1 saturated carbocycles. The first-order valence-electron chi connectivity index (χ1n) is 9.56. The topological polar surface area (TPSA) is 23.6 Å². The number of aryl methyl sites for hydroxylation is 2. The molecule has 1 aliphatic heterocycles. The highest BCUT2D eigenvalue weighted by Crippen LogP contribution is 2.29. The van der Waals surface area contributed by atoms with Crippen LogP contribution in [0.2, 0.25) is 0 Å². The fraction of sp³-hybridized carbons (Fsp3) is 0.667. The minimum absolute atomic E-state index is 0.333. The first-order valence-corrected chi connectivity index (χ1v) is 9.56. The fourth-order valence-electron chi connectivity index (χ4n) is 3.98. The smallest absolute Gasteiger partial charge is 0.225 e. The highest BCUT2D eigenvalue weighted by molar-refractivity contribution is 5.79. The molecule has 0 radical (unpaired) electrons. The van der Waals surface area contributed by atoms with Gasteiger partial charge in [-0.2, -0.15) is 0 Å². The summed E-state index contributed by atoms with van der Waals surface area (Å²) in [7, 11) is 2.00. The van der Waals surface area contributed by atoms with Gasteiger partial charge in [-0.05, 0) is 69.7 Å². The Morgan fingerprint density at radius 2 is 1.88 bits per heavy atom. The van der Waals surface area contributed by atoms with Gasteiger partial charge in [0.1, 0.15) is 0 Å². The fourth-order valence-corrected chi connectivity index (χ4v) is 3.98. The van der Waals surface area contributed by atoms with Crippen molar-refractivity contribution in [2.45, 2.75) is 52.5 Å². The van der Waals surface area contributed by atoms with Crippen LogP contribution in [0.5, 0.6) is 0 Å². The number of amides is 1. The Bertz CT molecular complexity index is 571. The SMILES string of the molecule is Cc1ccc(C)c(CN2CCC(CN(C)C(=O)C3CCC3)CC2)c1. The Kier molecular flexibility index (Phi) is 5.60. The molecule has 0 spiro atoms. The number of likely N-dealkylation sites (tertiary alicyclic amines) is 1. The second-order valence-corrected chi connectivity index (χ2v) is 8.00. The summed E-state index contributed by atoms with van der Waals surface area (Å²) in [5.74, 6) is 1.40. The van der Waals surface area contributed by atoms with Crippen molar-refractivity contribution in [3.05, 3.63) is 34.9 Å². The summed E-state index contributed by atoms with van der Waals surface area (Å²) in [6.07, 6.45) is 5.89. The Balaban J connectivity index is 1.45. The lowest BCUT2D eigenvalue weighted by Crippen LogP contribution is -2.42. The molecule has 0 N–H and O–H groups in total. The normalized spacial score (nSPS) is 20.0. The van der Waals surface area contributed by atoms with Gasteiger partial charge in [0.15, 0.2) is 0 Å². The summed E-state index contributed by atoms with van der Waals surface area (Å²) in [6, 6.07) is 6.75. The molecule has 3 rings (SSSR count). The van der Waals surface area contributed by atoms with Gasteiger partial charge in [0, 0.05) is 26.1 Å². The maximum Gasteiger partial charge on any atom is 0.225 e. The van der Waals surface area contributed by atoms with Gasteiger partial charge in [0.05, 0.1) is 0 Å². The number of piperidine rings is 1. The molecule has 1 aliphatic carbocycles. The molecule has 3 nitrogen and oxygen atoms in total. The zero-order chi connectivity index (χ0) is 17.1. The average molecular weight is 329 g/mol. The van der Waals surface area contributed by atoms with E-state index in [2.05, 4.69) is 36.9 Å². The van der Waals surface area contributed by atoms with Crippen molar-refractivity contribution < 1.29 is 4.79 Å². The number of hydrogen-bond acceptors (Lipinski definition) is 2. The molecular formula is C21H32N2O. The molecule has 2 fully saturated rings. The number of rotatable bonds is 5. The molecule has 0 aromatic heterocycles. The summed E-state index contributed by atoms with van der Waals surface area (Å²) >= 11 is 0. The zero-order valence-electron chi connectivity index (χ0n) is 15.6. The van der Waals surface area contributed by atoms with E-state index < -0.39 is 0 Å². The Labute approximate surface area is 147 Å². The monoisotopic (exact) mass is 328 g/mol. The number of hydrogen-bond donors (Lipinski definition) is 0. The standard InChI is InChI=1S/C21H32N2O/c1-16-7-8-17(2)20(13-16)15-23-11-9-18(10-12-23)14-22(3)21(24)19-5-4-6-19/h7-8,13,18-19H,4-6,9-12,14-15H2,1-3H3. The molecule has 1 saturated heterocycles. The lowest BCUT2D eigenvalue weighted by molar-refractivity contribution is -0.137. The molecule has 3 heteroatoms. The van der Waals surface area contributed by atoms with Gasteiger partial charge in [0.25, 0.3) is 0 Å². The minimum Gasteiger partial charge on any atom is -0.345 e. The van der Waals surface area contributed by atoms with Crippen molar-refractivity contribution >= 4 is 5.91 Å². The van der Waals surface area contributed by atoms with E-state index in [9.17, 15) is 4.79 Å². The van der Waals surface area contributed by atoms with Crippen LogP contribution in [0.15, 0.2) is 18.2 Å². The van der Waals surface area contributed by atoms with Gasteiger partial charge >= 0.3 is 0 Å². The van der Waals surface area contributed by atoms with Crippen molar-refractivity contribution in [1.29, 1.82) is 0 Å². The van der Waals surface area contributed by atoms with Gasteiger partial charge in [0.2, 0.25) is 5.91 Å². The summed E-state index contributed by atoms with van der Waals surface area (Å²) in [6.45, 7) is 8.71. The molecule has 1 aromatic carbocycles. The third-order valence-electron chi connectivity index (χ3n) is 5.97. The van der Waals surface area contributed by atoms with Crippen LogP contribution in [-0.2, 0) is 11.3 Å². The summed E-state index contributed by atoms with van der Waals surface area (Å²) in [5, 5.41) is 0. The van der Waals surface area contributed by atoms with E-state index in [1.807, 2.05) is 11.9 Å². The second-order valence-electron chi connectivity index (χ2n) is 8.00. The number of carbonyl (C=O) groups excluding carboxylic acids is 1. The van der Waals surface area contributed by atoms with Crippen molar-refractivity contribution in [2.75, 3.05) is 26.7 Å². The lowest BCUT2D eigenvalue weighted by Gasteiger charge is -2.36. The molecular weight excluding hydrogens is 296 g/mol. The predicted octanol–water partition coefficient (Wildman–Crippen LogP) is 3.77. The molecule has 0 atom stereocenters. The number of nitrogens with zero attached hydrogens (tertiary/aromatic N) is 2. The largest absolute Gasteiger partial charge is 0.345 e. The lowest BCUT2D eigenvalue weighted by atomic mass is 9.84. The predicted molar refractivity (Wildman–Crippen MR) is 98.9 cm³/mol. The van der Waals surface area contributed by atoms with E-state index in [-0.39, 0.29) is 0 Å². The van der Waals surface area contributed by atoms with Crippen LogP contribution in [-0.4, -0.2) is 42.4 Å². The summed E-state index contributed by atoms with van der Waals surface area (Å²) in [4.78, 5) is 16.9. The Morgan fingerprint density at radius 3 is 2.50 bits per heavy atom. The summed E-state index contributed by atoms with van der Waals surface area (Å²) in [5.41, 5.74) is 4.21. The van der Waals surface area contributed by atoms with E-state index >= 15 is 0 Å². The first-order chi connectivity index (χ1) is 11.5. The molecule has 24 heavy (non-hydrogen) atoms. The molecule has 1 heterocycles. The Hall–Kier alpha value is -1.35. The molecule has 0 unspecified atom stereocenters. The quantitative estimate of drug-likeness (QED) is 0.821. The zero-order valence-corrected chi connectivity index (χ0v) is 15.6. The molecule has 1 aromatic rings. The van der Waals surface area contributed by atoms with E-state index in [0.29, 0.717) is 17.7 Å². The van der Waals surface area contributed by atoms with Crippen LogP contribution in [0.4, 0.5) is 0 Å². The average Bonchev–Trinajstić information content (AvgIpc) is 2.51. The second kappa shape index (κ2) is 7.69. The van der Waals surface area contributed by atoms with Crippen LogP contribution < -0.4 is 0 Å². The van der Waals surface area contributed by atoms with E-state index in [1.165, 1.54) is 36.0 Å². The molecule has 2 aliphatic rings. The van der Waals surface area contributed by atoms with Crippen LogP contribution in [0.1, 0.15) is 48.8 Å². The number of carbonyl (C=O) groups is 1. The highest BCUT2D eigenvalue weighted by Gasteiger charge is 2.29. The van der Waals surface area contributed by atoms with Crippen LogP contribution in [0, 0.1) is 25.7 Å². The van der Waals surface area contributed by atoms with Crippen LogP contribution in [0.25, 0.3) is 0 Å². The molecule has 0 bridgehead atoms. The van der Waals surface area contributed by atoms with Gasteiger partial charge in [-0.1, -0.05) is 30.2 Å². The highest BCUT2D eigenvalue weighted by atomic mass is 16.2. The number of benzene rings is 1. The van der Waals surface area contributed by atoms with E-state index in [4.69, 9.17) is 0 Å². The van der Waals surface area contributed by atoms with Gasteiger partial charge in [-0.15, -0.1) is 0 Å². The van der Waals surface area contributed by atoms with Crippen molar-refractivity contribution in [3.63, 3.8) is 0 Å². The first kappa shape index (κ1) is 17.5.